The van der Waals surface area contributed by atoms with Gasteiger partial charge in [-0.05, 0) is 71.9 Å². The lowest BCUT2D eigenvalue weighted by Crippen LogP contribution is -2.28. The van der Waals surface area contributed by atoms with Gasteiger partial charge in [-0.25, -0.2) is 13.5 Å². The molecule has 0 spiro atoms. The SMILES string of the molecule is Fc1ccc(/C=C2\CCCC3=C2Nc2ncnn2[C@@H]3c2ccc(F)cc2)cc1. The summed E-state index contributed by atoms with van der Waals surface area (Å²) in [4.78, 5) is 4.35. The van der Waals surface area contributed by atoms with E-state index in [4.69, 9.17) is 0 Å². The van der Waals surface area contributed by atoms with Crippen LogP contribution in [0.4, 0.5) is 14.7 Å². The first-order chi connectivity index (χ1) is 13.7. The van der Waals surface area contributed by atoms with Crippen LogP contribution in [0, 0.1) is 11.6 Å². The largest absolute Gasteiger partial charge is 0.324 e. The van der Waals surface area contributed by atoms with Gasteiger partial charge in [-0.1, -0.05) is 24.3 Å². The summed E-state index contributed by atoms with van der Waals surface area (Å²) in [7, 11) is 0. The topological polar surface area (TPSA) is 42.7 Å². The standard InChI is InChI=1S/C22H18F2N4/c23-17-8-4-14(5-9-17)12-16-2-1-3-19-20(16)27-22-25-13-26-28(22)21(19)15-6-10-18(24)11-7-15/h4-13,21H,1-3H2,(H,25,26,27)/b16-12+/t21-/m1/s1. The average molecular weight is 376 g/mol. The first kappa shape index (κ1) is 16.9. The summed E-state index contributed by atoms with van der Waals surface area (Å²) in [5, 5.41) is 7.83. The van der Waals surface area contributed by atoms with Gasteiger partial charge in [0.25, 0.3) is 0 Å². The van der Waals surface area contributed by atoms with E-state index in [-0.39, 0.29) is 17.7 Å². The predicted molar refractivity (Wildman–Crippen MR) is 103 cm³/mol. The smallest absolute Gasteiger partial charge is 0.226 e. The van der Waals surface area contributed by atoms with Gasteiger partial charge < -0.3 is 5.32 Å². The monoisotopic (exact) mass is 376 g/mol. The number of anilines is 1. The fourth-order valence-corrected chi connectivity index (χ4v) is 4.04. The van der Waals surface area contributed by atoms with Gasteiger partial charge in [0.2, 0.25) is 5.95 Å². The second-order valence-electron chi connectivity index (χ2n) is 7.08. The van der Waals surface area contributed by atoms with E-state index in [1.807, 2.05) is 4.68 Å². The summed E-state index contributed by atoms with van der Waals surface area (Å²) in [6.07, 6.45) is 6.47. The molecule has 0 unspecified atom stereocenters. The van der Waals surface area contributed by atoms with Crippen LogP contribution in [0.25, 0.3) is 6.08 Å². The molecule has 6 heteroatoms. The summed E-state index contributed by atoms with van der Waals surface area (Å²) in [6.45, 7) is 0. The highest BCUT2D eigenvalue weighted by atomic mass is 19.1. The van der Waals surface area contributed by atoms with E-state index in [9.17, 15) is 8.78 Å². The Kier molecular flexibility index (Phi) is 4.04. The van der Waals surface area contributed by atoms with E-state index >= 15 is 0 Å². The Balaban J connectivity index is 1.63. The Labute approximate surface area is 161 Å². The van der Waals surface area contributed by atoms with Crippen molar-refractivity contribution in [3.8, 4) is 0 Å². The van der Waals surface area contributed by atoms with Gasteiger partial charge in [0.15, 0.2) is 0 Å². The number of fused-ring (bicyclic) bond motifs is 1. The molecule has 0 bridgehead atoms. The molecule has 1 aliphatic heterocycles. The minimum absolute atomic E-state index is 0.119. The zero-order valence-corrected chi connectivity index (χ0v) is 15.1. The van der Waals surface area contributed by atoms with Crippen molar-refractivity contribution >= 4 is 12.0 Å². The second kappa shape index (κ2) is 6.71. The van der Waals surface area contributed by atoms with Gasteiger partial charge >= 0.3 is 0 Å². The minimum atomic E-state index is -0.258. The molecule has 1 aliphatic carbocycles. The summed E-state index contributed by atoms with van der Waals surface area (Å²) < 4.78 is 28.6. The van der Waals surface area contributed by atoms with Crippen LogP contribution in [-0.4, -0.2) is 14.8 Å². The van der Waals surface area contributed by atoms with Gasteiger partial charge in [0.1, 0.15) is 24.0 Å². The van der Waals surface area contributed by atoms with E-state index in [2.05, 4.69) is 21.5 Å². The van der Waals surface area contributed by atoms with Crippen molar-refractivity contribution in [1.82, 2.24) is 14.8 Å². The van der Waals surface area contributed by atoms with Crippen LogP contribution in [0.1, 0.15) is 36.4 Å². The first-order valence-electron chi connectivity index (χ1n) is 9.30. The van der Waals surface area contributed by atoms with Crippen LogP contribution in [0.2, 0.25) is 0 Å². The zero-order chi connectivity index (χ0) is 19.1. The molecule has 2 heterocycles. The normalized spacial score (nSPS) is 19.9. The van der Waals surface area contributed by atoms with Gasteiger partial charge in [0, 0.05) is 5.70 Å². The summed E-state index contributed by atoms with van der Waals surface area (Å²) >= 11 is 0. The van der Waals surface area contributed by atoms with Crippen LogP contribution >= 0.6 is 0 Å². The van der Waals surface area contributed by atoms with Crippen LogP contribution in [0.3, 0.4) is 0 Å². The molecule has 0 radical (unpaired) electrons. The van der Waals surface area contributed by atoms with Crippen LogP contribution in [-0.2, 0) is 0 Å². The zero-order valence-electron chi connectivity index (χ0n) is 15.1. The molecule has 28 heavy (non-hydrogen) atoms. The number of rotatable bonds is 2. The summed E-state index contributed by atoms with van der Waals surface area (Å²) in [5.41, 5.74) is 5.35. The Morgan fingerprint density at radius 2 is 1.68 bits per heavy atom. The Morgan fingerprint density at radius 1 is 0.964 bits per heavy atom. The molecule has 0 saturated heterocycles. The number of hydrogen-bond acceptors (Lipinski definition) is 3. The minimum Gasteiger partial charge on any atom is -0.324 e. The van der Waals surface area contributed by atoms with Crippen molar-refractivity contribution in [2.75, 3.05) is 5.32 Å². The van der Waals surface area contributed by atoms with Crippen molar-refractivity contribution in [3.05, 3.63) is 94.5 Å². The molecular formula is C22H18F2N4. The number of nitrogens with zero attached hydrogens (tertiary/aromatic N) is 3. The number of nitrogens with one attached hydrogen (secondary N) is 1. The van der Waals surface area contributed by atoms with Crippen molar-refractivity contribution in [2.45, 2.75) is 25.3 Å². The van der Waals surface area contributed by atoms with Crippen molar-refractivity contribution < 1.29 is 8.78 Å². The maximum absolute atomic E-state index is 13.5. The fourth-order valence-electron chi connectivity index (χ4n) is 4.04. The molecule has 0 amide bonds. The van der Waals surface area contributed by atoms with E-state index in [0.29, 0.717) is 5.95 Å². The third-order valence-electron chi connectivity index (χ3n) is 5.32. The van der Waals surface area contributed by atoms with E-state index in [1.54, 1.807) is 24.3 Å². The molecule has 5 rings (SSSR count). The first-order valence-corrected chi connectivity index (χ1v) is 9.30. The van der Waals surface area contributed by atoms with Crippen LogP contribution in [0.15, 0.2) is 71.7 Å². The molecule has 3 aromatic rings. The molecule has 1 atom stereocenters. The molecule has 140 valence electrons. The van der Waals surface area contributed by atoms with Crippen molar-refractivity contribution in [2.24, 2.45) is 0 Å². The lowest BCUT2D eigenvalue weighted by Gasteiger charge is -2.34. The second-order valence-corrected chi connectivity index (χ2v) is 7.08. The average Bonchev–Trinajstić information content (AvgIpc) is 3.17. The van der Waals surface area contributed by atoms with Crippen LogP contribution in [0.5, 0.6) is 0 Å². The Hall–Kier alpha value is -3.28. The van der Waals surface area contributed by atoms with E-state index in [1.165, 1.54) is 36.2 Å². The summed E-state index contributed by atoms with van der Waals surface area (Å²) in [5.74, 6) is 0.164. The highest BCUT2D eigenvalue weighted by Gasteiger charge is 2.33. The number of hydrogen-bond donors (Lipinski definition) is 1. The van der Waals surface area contributed by atoms with Gasteiger partial charge in [-0.3, -0.25) is 0 Å². The number of aromatic nitrogens is 3. The molecule has 0 saturated carbocycles. The molecule has 1 N–H and O–H groups in total. The highest BCUT2D eigenvalue weighted by molar-refractivity contribution is 5.65. The van der Waals surface area contributed by atoms with Gasteiger partial charge in [0.05, 0.1) is 0 Å². The number of allylic oxidation sites excluding steroid dienone is 2. The maximum Gasteiger partial charge on any atom is 0.226 e. The lowest BCUT2D eigenvalue weighted by atomic mass is 9.83. The third kappa shape index (κ3) is 2.91. The van der Waals surface area contributed by atoms with Gasteiger partial charge in [-0.15, -0.1) is 0 Å². The van der Waals surface area contributed by atoms with E-state index in [0.717, 1.165) is 41.7 Å². The molecule has 1 aromatic heterocycles. The molecule has 0 fully saturated rings. The Bertz CT molecular complexity index is 1080. The fraction of sp³-hybridized carbons (Fsp3) is 0.182. The predicted octanol–water partition coefficient (Wildman–Crippen LogP) is 5.09. The Morgan fingerprint density at radius 3 is 2.43 bits per heavy atom. The lowest BCUT2D eigenvalue weighted by molar-refractivity contribution is 0.536. The van der Waals surface area contributed by atoms with Crippen molar-refractivity contribution in [1.29, 1.82) is 0 Å². The quantitative estimate of drug-likeness (QED) is 0.677. The van der Waals surface area contributed by atoms with Crippen molar-refractivity contribution in [3.63, 3.8) is 0 Å². The molecule has 4 nitrogen and oxygen atoms in total. The molecular weight excluding hydrogens is 358 g/mol. The highest BCUT2D eigenvalue weighted by Crippen LogP contribution is 2.43. The van der Waals surface area contributed by atoms with E-state index < -0.39 is 0 Å². The molecule has 2 aromatic carbocycles. The summed E-state index contributed by atoms with van der Waals surface area (Å²) in [6, 6.07) is 12.9. The maximum atomic E-state index is 13.5. The molecule has 2 aliphatic rings. The number of benzene rings is 2. The van der Waals surface area contributed by atoms with Crippen LogP contribution < -0.4 is 5.32 Å². The van der Waals surface area contributed by atoms with Gasteiger partial charge in [-0.2, -0.15) is 10.1 Å². The third-order valence-corrected chi connectivity index (χ3v) is 5.32. The number of halogens is 2.